The second-order valence-corrected chi connectivity index (χ2v) is 9.34. The molecule has 0 saturated carbocycles. The number of fused-ring (bicyclic) bond motifs is 1. The Kier molecular flexibility index (Phi) is 5.48. The van der Waals surface area contributed by atoms with Gasteiger partial charge in [-0.05, 0) is 73.0 Å². The number of rotatable bonds is 3. The highest BCUT2D eigenvalue weighted by molar-refractivity contribution is 6.33. The van der Waals surface area contributed by atoms with Crippen molar-refractivity contribution in [1.29, 1.82) is 0 Å². The number of hydrogen-bond acceptors (Lipinski definition) is 2. The molecule has 1 aromatic heterocycles. The van der Waals surface area contributed by atoms with E-state index >= 15 is 0 Å². The zero-order valence-corrected chi connectivity index (χ0v) is 19.6. The molecule has 0 N–H and O–H groups in total. The third kappa shape index (κ3) is 4.27. The van der Waals surface area contributed by atoms with Gasteiger partial charge in [-0.2, -0.15) is 0 Å². The van der Waals surface area contributed by atoms with E-state index in [0.717, 1.165) is 39.1 Å². The molecule has 0 saturated heterocycles. The summed E-state index contributed by atoms with van der Waals surface area (Å²) in [4.78, 5) is 4.98. The van der Waals surface area contributed by atoms with Crippen LogP contribution in [-0.4, -0.2) is 10.6 Å². The van der Waals surface area contributed by atoms with Gasteiger partial charge >= 0.3 is 0 Å². The lowest BCUT2D eigenvalue weighted by molar-refractivity contribution is 0.151. The molecular weight excluding hydrogens is 456 g/mol. The predicted octanol–water partition coefficient (Wildman–Crippen LogP) is 8.46. The molecule has 0 spiro atoms. The van der Waals surface area contributed by atoms with E-state index in [1.54, 1.807) is 12.1 Å². The topological polar surface area (TPSA) is 22.1 Å². The molecule has 1 aliphatic rings. The number of halogens is 3. The van der Waals surface area contributed by atoms with Crippen LogP contribution in [0.15, 0.2) is 84.9 Å². The molecule has 5 heteroatoms. The van der Waals surface area contributed by atoms with Crippen LogP contribution in [0.3, 0.4) is 0 Å². The highest BCUT2D eigenvalue weighted by Crippen LogP contribution is 2.44. The minimum Gasteiger partial charge on any atom is -0.467 e. The van der Waals surface area contributed by atoms with E-state index in [-0.39, 0.29) is 5.82 Å². The van der Waals surface area contributed by atoms with Gasteiger partial charge < -0.3 is 4.74 Å². The average Bonchev–Trinajstić information content (AvgIpc) is 2.79. The first-order chi connectivity index (χ1) is 15.8. The molecule has 0 bridgehead atoms. The molecule has 164 valence electrons. The minimum atomic E-state index is -0.594. The molecule has 1 aliphatic heterocycles. The Morgan fingerprint density at radius 1 is 0.788 bits per heavy atom. The molecule has 0 fully saturated rings. The van der Waals surface area contributed by atoms with Crippen molar-refractivity contribution in [3.05, 3.63) is 112 Å². The molecule has 4 aromatic rings. The number of hydrogen-bond donors (Lipinski definition) is 0. The lowest BCUT2D eigenvalue weighted by Gasteiger charge is -2.31. The number of ether oxygens (including phenoxy) is 1. The van der Waals surface area contributed by atoms with Crippen molar-refractivity contribution in [3.63, 3.8) is 0 Å². The van der Waals surface area contributed by atoms with E-state index in [4.69, 9.17) is 32.9 Å². The summed E-state index contributed by atoms with van der Waals surface area (Å²) >= 11 is 12.7. The lowest BCUT2D eigenvalue weighted by Crippen LogP contribution is -2.30. The zero-order chi connectivity index (χ0) is 23.2. The van der Waals surface area contributed by atoms with Crippen LogP contribution in [0.2, 0.25) is 10.0 Å². The van der Waals surface area contributed by atoms with Gasteiger partial charge in [0.25, 0.3) is 0 Å². The van der Waals surface area contributed by atoms with Crippen LogP contribution in [0.25, 0.3) is 28.0 Å². The molecule has 0 amide bonds. The fourth-order valence-electron chi connectivity index (χ4n) is 4.05. The monoisotopic (exact) mass is 475 g/mol. The number of nitrogens with zero attached hydrogens (tertiary/aromatic N) is 1. The summed E-state index contributed by atoms with van der Waals surface area (Å²) in [5.74, 6) is 0.231. The van der Waals surface area contributed by atoms with Crippen molar-refractivity contribution < 1.29 is 9.13 Å². The summed E-state index contributed by atoms with van der Waals surface area (Å²) in [6, 6.07) is 23.8. The molecule has 33 heavy (non-hydrogen) atoms. The van der Waals surface area contributed by atoms with Crippen molar-refractivity contribution in [3.8, 4) is 28.3 Å². The Balaban J connectivity index is 1.79. The van der Waals surface area contributed by atoms with Crippen molar-refractivity contribution in [1.82, 2.24) is 4.98 Å². The van der Waals surface area contributed by atoms with E-state index in [1.807, 2.05) is 68.5 Å². The van der Waals surface area contributed by atoms with Crippen molar-refractivity contribution in [2.45, 2.75) is 19.4 Å². The van der Waals surface area contributed by atoms with Gasteiger partial charge in [0.15, 0.2) is 0 Å². The van der Waals surface area contributed by atoms with Crippen LogP contribution in [-0.2, 0) is 0 Å². The van der Waals surface area contributed by atoms with Gasteiger partial charge in [-0.1, -0.05) is 65.7 Å². The second kappa shape index (κ2) is 8.33. The third-order valence-electron chi connectivity index (χ3n) is 5.57. The maximum atomic E-state index is 13.6. The average molecular weight is 476 g/mol. The molecule has 5 rings (SSSR count). The van der Waals surface area contributed by atoms with Crippen molar-refractivity contribution in [2.75, 3.05) is 0 Å². The summed E-state index contributed by atoms with van der Waals surface area (Å²) in [7, 11) is 0. The standard InChI is InChI=1S/C28H20Cl2FNO/c1-28(2)16-24(18-9-13-20(31)14-10-18)23-15-22(17-7-11-19(29)12-8-17)26(32-27(23)33-28)21-5-3-4-6-25(21)30/h3-16H,1-2H3. The Hall–Kier alpha value is -3.14. The van der Waals surface area contributed by atoms with Crippen molar-refractivity contribution >= 4 is 28.8 Å². The maximum absolute atomic E-state index is 13.6. The van der Waals surface area contributed by atoms with Crippen LogP contribution in [0, 0.1) is 5.82 Å². The summed E-state index contributed by atoms with van der Waals surface area (Å²) in [5.41, 5.74) is 5.45. The molecule has 0 aliphatic carbocycles. The van der Waals surface area contributed by atoms with E-state index in [2.05, 4.69) is 6.07 Å². The van der Waals surface area contributed by atoms with Crippen LogP contribution in [0.1, 0.15) is 25.0 Å². The summed E-state index contributed by atoms with van der Waals surface area (Å²) in [6.07, 6.45) is 2.05. The largest absolute Gasteiger partial charge is 0.467 e. The van der Waals surface area contributed by atoms with Gasteiger partial charge in [-0.3, -0.25) is 0 Å². The van der Waals surface area contributed by atoms with Crippen LogP contribution in [0.4, 0.5) is 4.39 Å². The first-order valence-electron chi connectivity index (χ1n) is 10.5. The maximum Gasteiger partial charge on any atom is 0.222 e. The Bertz CT molecular complexity index is 1380. The molecular formula is C28H20Cl2FNO. The minimum absolute atomic E-state index is 0.278. The van der Waals surface area contributed by atoms with E-state index < -0.39 is 5.60 Å². The number of aromatic nitrogens is 1. The first kappa shape index (κ1) is 21.7. The summed E-state index contributed by atoms with van der Waals surface area (Å²) in [6.45, 7) is 3.95. The lowest BCUT2D eigenvalue weighted by atomic mass is 9.88. The van der Waals surface area contributed by atoms with Gasteiger partial charge in [0, 0.05) is 26.7 Å². The molecule has 0 atom stereocenters. The van der Waals surface area contributed by atoms with E-state index in [0.29, 0.717) is 15.9 Å². The normalized spacial score (nSPS) is 14.3. The number of benzene rings is 3. The molecule has 0 unspecified atom stereocenters. The summed E-state index contributed by atoms with van der Waals surface area (Å²) < 4.78 is 19.9. The van der Waals surface area contributed by atoms with Crippen LogP contribution in [0.5, 0.6) is 5.88 Å². The Morgan fingerprint density at radius 2 is 1.45 bits per heavy atom. The molecule has 0 radical (unpaired) electrons. The number of pyridine rings is 1. The summed E-state index contributed by atoms with van der Waals surface area (Å²) in [5, 5.41) is 1.26. The van der Waals surface area contributed by atoms with E-state index in [9.17, 15) is 4.39 Å². The highest BCUT2D eigenvalue weighted by atomic mass is 35.5. The second-order valence-electron chi connectivity index (χ2n) is 8.49. The molecule has 2 nitrogen and oxygen atoms in total. The zero-order valence-electron chi connectivity index (χ0n) is 18.1. The smallest absolute Gasteiger partial charge is 0.222 e. The Morgan fingerprint density at radius 3 is 2.15 bits per heavy atom. The van der Waals surface area contributed by atoms with Gasteiger partial charge in [-0.15, -0.1) is 0 Å². The third-order valence-corrected chi connectivity index (χ3v) is 6.15. The quantitative estimate of drug-likeness (QED) is 0.296. The van der Waals surface area contributed by atoms with Crippen LogP contribution >= 0.6 is 23.2 Å². The highest BCUT2D eigenvalue weighted by Gasteiger charge is 2.30. The first-order valence-corrected chi connectivity index (χ1v) is 11.3. The van der Waals surface area contributed by atoms with Crippen LogP contribution < -0.4 is 4.74 Å². The Labute approximate surface area is 202 Å². The fourth-order valence-corrected chi connectivity index (χ4v) is 4.40. The van der Waals surface area contributed by atoms with Crippen molar-refractivity contribution in [2.24, 2.45) is 0 Å². The predicted molar refractivity (Wildman–Crippen MR) is 133 cm³/mol. The SMILES string of the molecule is CC1(C)C=C(c2ccc(F)cc2)c2cc(-c3ccc(Cl)cc3)c(-c3ccccc3Cl)nc2O1. The van der Waals surface area contributed by atoms with Gasteiger partial charge in [0.1, 0.15) is 11.4 Å². The fraction of sp³-hybridized carbons (Fsp3) is 0.107. The van der Waals surface area contributed by atoms with Gasteiger partial charge in [0.2, 0.25) is 5.88 Å². The molecule has 3 aromatic carbocycles. The van der Waals surface area contributed by atoms with Gasteiger partial charge in [0.05, 0.1) is 5.69 Å². The van der Waals surface area contributed by atoms with Gasteiger partial charge in [-0.25, -0.2) is 9.37 Å². The molecule has 2 heterocycles. The van der Waals surface area contributed by atoms with E-state index in [1.165, 1.54) is 12.1 Å².